The van der Waals surface area contributed by atoms with E-state index in [9.17, 15) is 22.4 Å². The zero-order valence-electron chi connectivity index (χ0n) is 9.15. The van der Waals surface area contributed by atoms with Gasteiger partial charge in [0.2, 0.25) is 6.43 Å². The van der Waals surface area contributed by atoms with E-state index in [4.69, 9.17) is 0 Å². The van der Waals surface area contributed by atoms with Crippen LogP contribution in [0.5, 0.6) is 0 Å². The van der Waals surface area contributed by atoms with Crippen molar-refractivity contribution < 1.29 is 22.4 Å². The summed E-state index contributed by atoms with van der Waals surface area (Å²) in [6.45, 7) is 1.73. The van der Waals surface area contributed by atoms with E-state index in [0.29, 0.717) is 18.6 Å². The second kappa shape index (κ2) is 7.92. The summed E-state index contributed by atoms with van der Waals surface area (Å²) < 4.78 is 49.0. The van der Waals surface area contributed by atoms with Crippen LogP contribution in [0.25, 0.3) is 0 Å². The summed E-state index contributed by atoms with van der Waals surface area (Å²) in [7, 11) is 0. The van der Waals surface area contributed by atoms with Crippen LogP contribution < -0.4 is 0 Å². The van der Waals surface area contributed by atoms with Crippen molar-refractivity contribution in [1.82, 2.24) is 0 Å². The summed E-state index contributed by atoms with van der Waals surface area (Å²) >= 11 is 1.11. The average molecular weight is 260 g/mol. The molecular weight excluding hydrogens is 244 g/mol. The summed E-state index contributed by atoms with van der Waals surface area (Å²) in [5.41, 5.74) is 0. The molecule has 0 N–H and O–H groups in total. The highest BCUT2D eigenvalue weighted by Crippen LogP contribution is 2.28. The SMILES string of the molecule is CCC(=O)SCCCCC(F)(F)CC(F)F. The zero-order chi connectivity index (χ0) is 12.6. The van der Waals surface area contributed by atoms with Crippen LogP contribution in [-0.4, -0.2) is 23.2 Å². The van der Waals surface area contributed by atoms with E-state index in [1.165, 1.54) is 0 Å². The molecule has 0 bridgehead atoms. The molecule has 0 fully saturated rings. The number of thioether (sulfide) groups is 1. The molecule has 0 atom stereocenters. The lowest BCUT2D eigenvalue weighted by Gasteiger charge is -2.15. The molecule has 16 heavy (non-hydrogen) atoms. The Morgan fingerprint density at radius 2 is 1.94 bits per heavy atom. The average Bonchev–Trinajstić information content (AvgIpc) is 2.14. The maximum absolute atomic E-state index is 12.8. The van der Waals surface area contributed by atoms with Gasteiger partial charge in [0.25, 0.3) is 5.92 Å². The molecule has 0 unspecified atom stereocenters. The normalized spacial score (nSPS) is 12.1. The maximum atomic E-state index is 12.8. The third kappa shape index (κ3) is 9.00. The van der Waals surface area contributed by atoms with Crippen molar-refractivity contribution in [3.8, 4) is 0 Å². The van der Waals surface area contributed by atoms with E-state index >= 15 is 0 Å². The second-order valence-corrected chi connectivity index (χ2v) is 4.63. The van der Waals surface area contributed by atoms with Crippen LogP contribution >= 0.6 is 11.8 Å². The van der Waals surface area contributed by atoms with Gasteiger partial charge in [-0.2, -0.15) is 0 Å². The molecule has 0 aromatic carbocycles. The molecule has 0 aliphatic carbocycles. The molecule has 0 rings (SSSR count). The molecule has 0 aliphatic heterocycles. The highest BCUT2D eigenvalue weighted by Gasteiger charge is 2.32. The van der Waals surface area contributed by atoms with Gasteiger partial charge in [0.1, 0.15) is 0 Å². The van der Waals surface area contributed by atoms with Crippen molar-refractivity contribution in [3.05, 3.63) is 0 Å². The lowest BCUT2D eigenvalue weighted by molar-refractivity contribution is -0.110. The number of hydrogen-bond acceptors (Lipinski definition) is 2. The van der Waals surface area contributed by atoms with Gasteiger partial charge in [0, 0.05) is 18.6 Å². The number of carbonyl (C=O) groups excluding carboxylic acids is 1. The standard InChI is InChI=1S/C10H16F4OS/c1-2-9(15)16-6-4-3-5-10(13,14)7-8(11)12/h8H,2-7H2,1H3. The Labute approximate surface area is 97.0 Å². The third-order valence-corrected chi connectivity index (χ3v) is 3.04. The fourth-order valence-corrected chi connectivity index (χ4v) is 1.88. The van der Waals surface area contributed by atoms with Crippen molar-refractivity contribution in [3.63, 3.8) is 0 Å². The van der Waals surface area contributed by atoms with Gasteiger partial charge >= 0.3 is 0 Å². The van der Waals surface area contributed by atoms with E-state index in [1.807, 2.05) is 0 Å². The van der Waals surface area contributed by atoms with Crippen molar-refractivity contribution in [2.75, 3.05) is 5.75 Å². The lowest BCUT2D eigenvalue weighted by atomic mass is 10.1. The molecule has 1 nitrogen and oxygen atoms in total. The van der Waals surface area contributed by atoms with E-state index in [2.05, 4.69) is 0 Å². The quantitative estimate of drug-likeness (QED) is 0.482. The Kier molecular flexibility index (Phi) is 7.80. The Morgan fingerprint density at radius 1 is 1.31 bits per heavy atom. The fraction of sp³-hybridized carbons (Fsp3) is 0.900. The molecule has 6 heteroatoms. The van der Waals surface area contributed by atoms with E-state index < -0.39 is 25.2 Å². The Balaban J connectivity index is 3.54. The molecular formula is C10H16F4OS. The first kappa shape index (κ1) is 15.7. The largest absolute Gasteiger partial charge is 0.287 e. The first-order chi connectivity index (χ1) is 7.37. The van der Waals surface area contributed by atoms with Gasteiger partial charge < -0.3 is 0 Å². The van der Waals surface area contributed by atoms with Gasteiger partial charge in [-0.05, 0) is 12.8 Å². The summed E-state index contributed by atoms with van der Waals surface area (Å²) in [4.78, 5) is 10.8. The molecule has 0 radical (unpaired) electrons. The van der Waals surface area contributed by atoms with Crippen molar-refractivity contribution in [2.24, 2.45) is 0 Å². The minimum atomic E-state index is -3.28. The highest BCUT2D eigenvalue weighted by atomic mass is 32.2. The second-order valence-electron chi connectivity index (χ2n) is 3.48. The molecule has 0 aromatic heterocycles. The summed E-state index contributed by atoms with van der Waals surface area (Å²) in [6.07, 6.45) is -3.82. The van der Waals surface area contributed by atoms with Gasteiger partial charge in [-0.1, -0.05) is 18.7 Å². The van der Waals surface area contributed by atoms with Crippen LogP contribution in [0.2, 0.25) is 0 Å². The molecule has 0 saturated heterocycles. The van der Waals surface area contributed by atoms with Crippen LogP contribution in [0.3, 0.4) is 0 Å². The van der Waals surface area contributed by atoms with E-state index in [0.717, 1.165) is 11.8 Å². The van der Waals surface area contributed by atoms with Crippen LogP contribution in [0.1, 0.15) is 39.0 Å². The van der Waals surface area contributed by atoms with E-state index in [1.54, 1.807) is 6.92 Å². The fourth-order valence-electron chi connectivity index (χ4n) is 1.10. The first-order valence-corrected chi connectivity index (χ1v) is 6.17. The zero-order valence-corrected chi connectivity index (χ0v) is 9.96. The van der Waals surface area contributed by atoms with Gasteiger partial charge in [0.15, 0.2) is 5.12 Å². The number of unbranched alkanes of at least 4 members (excludes halogenated alkanes) is 1. The number of rotatable bonds is 8. The molecule has 0 saturated carbocycles. The lowest BCUT2D eigenvalue weighted by Crippen LogP contribution is -2.19. The van der Waals surface area contributed by atoms with Crippen molar-refractivity contribution in [2.45, 2.75) is 51.4 Å². The summed E-state index contributed by atoms with van der Waals surface area (Å²) in [5, 5.41) is 0.0272. The number of hydrogen-bond donors (Lipinski definition) is 0. The predicted octanol–water partition coefficient (Wildman–Crippen LogP) is 4.12. The third-order valence-electron chi connectivity index (χ3n) is 1.94. The predicted molar refractivity (Wildman–Crippen MR) is 57.2 cm³/mol. The van der Waals surface area contributed by atoms with Crippen molar-refractivity contribution in [1.29, 1.82) is 0 Å². The van der Waals surface area contributed by atoms with Gasteiger partial charge in [-0.15, -0.1) is 0 Å². The Bertz CT molecular complexity index is 209. The van der Waals surface area contributed by atoms with Crippen LogP contribution in [0.4, 0.5) is 17.6 Å². The minimum absolute atomic E-state index is 0.0272. The monoisotopic (exact) mass is 260 g/mol. The van der Waals surface area contributed by atoms with Crippen LogP contribution in [0.15, 0.2) is 0 Å². The highest BCUT2D eigenvalue weighted by molar-refractivity contribution is 8.13. The van der Waals surface area contributed by atoms with Gasteiger partial charge in [-0.3, -0.25) is 4.79 Å². The molecule has 0 heterocycles. The number of carbonyl (C=O) groups is 1. The van der Waals surface area contributed by atoms with Crippen LogP contribution in [0, 0.1) is 0 Å². The number of halogens is 4. The first-order valence-electron chi connectivity index (χ1n) is 5.19. The Morgan fingerprint density at radius 3 is 2.44 bits per heavy atom. The maximum Gasteiger partial charge on any atom is 0.253 e. The molecule has 0 aromatic rings. The van der Waals surface area contributed by atoms with Gasteiger partial charge in [0.05, 0.1) is 6.42 Å². The van der Waals surface area contributed by atoms with Gasteiger partial charge in [-0.25, -0.2) is 17.6 Å². The number of alkyl halides is 4. The molecule has 0 amide bonds. The summed E-state index contributed by atoms with van der Waals surface area (Å²) in [6, 6.07) is 0. The Hall–Kier alpha value is -0.260. The summed E-state index contributed by atoms with van der Waals surface area (Å²) in [5.74, 6) is -2.80. The van der Waals surface area contributed by atoms with E-state index in [-0.39, 0.29) is 11.5 Å². The molecule has 0 spiro atoms. The smallest absolute Gasteiger partial charge is 0.253 e. The van der Waals surface area contributed by atoms with Crippen LogP contribution in [-0.2, 0) is 4.79 Å². The molecule has 96 valence electrons. The molecule has 0 aliphatic rings. The van der Waals surface area contributed by atoms with Crippen molar-refractivity contribution >= 4 is 16.9 Å². The topological polar surface area (TPSA) is 17.1 Å². The minimum Gasteiger partial charge on any atom is -0.287 e.